The van der Waals surface area contributed by atoms with Gasteiger partial charge in [-0.3, -0.25) is 0 Å². The van der Waals surface area contributed by atoms with E-state index in [1.165, 1.54) is 12.1 Å². The first-order chi connectivity index (χ1) is 13.4. The van der Waals surface area contributed by atoms with Crippen LogP contribution in [0.3, 0.4) is 0 Å². The Balaban J connectivity index is 1.56. The number of hydrogen-bond acceptors (Lipinski definition) is 5. The summed E-state index contributed by atoms with van der Waals surface area (Å²) in [6.45, 7) is 3.75. The van der Waals surface area contributed by atoms with Crippen LogP contribution in [0.5, 0.6) is 5.75 Å². The van der Waals surface area contributed by atoms with Crippen LogP contribution in [0.25, 0.3) is 17.0 Å². The second-order valence-electron chi connectivity index (χ2n) is 7.33. The SMILES string of the molecule is CC1(C)Oc2cc3oc(=O)ccc3cc2CC1OC(=O)/C=C/c1ccccc1. The van der Waals surface area contributed by atoms with Crippen molar-refractivity contribution in [1.82, 2.24) is 0 Å². The fourth-order valence-corrected chi connectivity index (χ4v) is 3.28. The summed E-state index contributed by atoms with van der Waals surface area (Å²) in [7, 11) is 0. The molecule has 2 heterocycles. The minimum absolute atomic E-state index is 0.403. The molecular formula is C23H20O5. The molecule has 0 fully saturated rings. The zero-order valence-corrected chi connectivity index (χ0v) is 15.7. The lowest BCUT2D eigenvalue weighted by molar-refractivity contribution is -0.155. The lowest BCUT2D eigenvalue weighted by Crippen LogP contribution is -2.48. The maximum absolute atomic E-state index is 12.3. The second kappa shape index (κ2) is 7.00. The van der Waals surface area contributed by atoms with Crippen molar-refractivity contribution in [3.8, 4) is 5.75 Å². The van der Waals surface area contributed by atoms with Gasteiger partial charge in [-0.1, -0.05) is 30.3 Å². The molecule has 1 aliphatic rings. The number of esters is 1. The van der Waals surface area contributed by atoms with Crippen LogP contribution in [0.4, 0.5) is 0 Å². The molecule has 0 amide bonds. The molecule has 5 nitrogen and oxygen atoms in total. The van der Waals surface area contributed by atoms with Gasteiger partial charge in [-0.05, 0) is 43.2 Å². The van der Waals surface area contributed by atoms with E-state index in [1.807, 2.05) is 50.2 Å². The minimum Gasteiger partial charge on any atom is -0.484 e. The number of ether oxygens (including phenoxy) is 2. The quantitative estimate of drug-likeness (QED) is 0.391. The zero-order chi connectivity index (χ0) is 19.7. The summed E-state index contributed by atoms with van der Waals surface area (Å²) >= 11 is 0. The van der Waals surface area contributed by atoms with Crippen molar-refractivity contribution in [3.05, 3.63) is 82.2 Å². The van der Waals surface area contributed by atoms with Crippen LogP contribution in [-0.2, 0) is 16.0 Å². The van der Waals surface area contributed by atoms with Crippen LogP contribution in [0, 0.1) is 0 Å². The highest BCUT2D eigenvalue weighted by molar-refractivity contribution is 5.87. The number of rotatable bonds is 3. The van der Waals surface area contributed by atoms with Gasteiger partial charge in [0.1, 0.15) is 23.0 Å². The number of hydrogen-bond donors (Lipinski definition) is 0. The maximum atomic E-state index is 12.3. The molecule has 0 radical (unpaired) electrons. The van der Waals surface area contributed by atoms with E-state index in [9.17, 15) is 9.59 Å². The van der Waals surface area contributed by atoms with Gasteiger partial charge in [0, 0.05) is 30.0 Å². The van der Waals surface area contributed by atoms with Crippen molar-refractivity contribution < 1.29 is 18.7 Å². The summed E-state index contributed by atoms with van der Waals surface area (Å²) in [5, 5.41) is 0.802. The van der Waals surface area contributed by atoms with Gasteiger partial charge in [0.15, 0.2) is 0 Å². The number of fused-ring (bicyclic) bond motifs is 2. The van der Waals surface area contributed by atoms with Crippen molar-refractivity contribution in [2.24, 2.45) is 0 Å². The van der Waals surface area contributed by atoms with E-state index in [4.69, 9.17) is 13.9 Å². The van der Waals surface area contributed by atoms with Crippen molar-refractivity contribution in [1.29, 1.82) is 0 Å². The zero-order valence-electron chi connectivity index (χ0n) is 15.7. The Kier molecular flexibility index (Phi) is 4.51. The molecule has 0 aliphatic carbocycles. The summed E-state index contributed by atoms with van der Waals surface area (Å²) in [4.78, 5) is 23.8. The van der Waals surface area contributed by atoms with E-state index in [-0.39, 0.29) is 0 Å². The predicted octanol–water partition coefficient (Wildman–Crippen LogP) is 4.13. The highest BCUT2D eigenvalue weighted by atomic mass is 16.6. The van der Waals surface area contributed by atoms with Gasteiger partial charge in [-0.25, -0.2) is 9.59 Å². The molecule has 0 saturated heterocycles. The lowest BCUT2D eigenvalue weighted by Gasteiger charge is -2.39. The van der Waals surface area contributed by atoms with Crippen LogP contribution in [0.2, 0.25) is 0 Å². The summed E-state index contributed by atoms with van der Waals surface area (Å²) in [5.41, 5.74) is 1.19. The Hall–Kier alpha value is -3.34. The van der Waals surface area contributed by atoms with Gasteiger partial charge in [0.25, 0.3) is 0 Å². The van der Waals surface area contributed by atoms with E-state index in [0.29, 0.717) is 17.8 Å². The lowest BCUT2D eigenvalue weighted by atomic mass is 9.90. The smallest absolute Gasteiger partial charge is 0.336 e. The first kappa shape index (κ1) is 18.0. The van der Waals surface area contributed by atoms with Crippen LogP contribution in [0.15, 0.2) is 69.9 Å². The molecule has 0 bridgehead atoms. The Morgan fingerprint density at radius 1 is 1.14 bits per heavy atom. The standard InChI is InChI=1S/C23H20O5/c1-23(2)20(27-22(25)10-8-15-6-4-3-5-7-15)13-17-12-16-9-11-21(24)26-18(16)14-19(17)28-23/h3-12,14,20H,13H2,1-2H3/b10-8+. The molecule has 1 aromatic heterocycles. The van der Waals surface area contributed by atoms with E-state index in [1.54, 1.807) is 18.2 Å². The average Bonchev–Trinajstić information content (AvgIpc) is 2.66. The first-order valence-electron chi connectivity index (χ1n) is 9.10. The largest absolute Gasteiger partial charge is 0.484 e. The van der Waals surface area contributed by atoms with E-state index < -0.39 is 23.3 Å². The van der Waals surface area contributed by atoms with Crippen LogP contribution >= 0.6 is 0 Å². The number of benzene rings is 2. The summed E-state index contributed by atoms with van der Waals surface area (Å²) in [5.74, 6) is 0.222. The van der Waals surface area contributed by atoms with Gasteiger partial charge in [0.05, 0.1) is 0 Å². The summed E-state index contributed by atoms with van der Waals surface area (Å²) in [6, 6.07) is 16.3. The van der Waals surface area contributed by atoms with Crippen molar-refractivity contribution >= 4 is 23.0 Å². The van der Waals surface area contributed by atoms with Gasteiger partial charge < -0.3 is 13.9 Å². The number of carbonyl (C=O) groups is 1. The Morgan fingerprint density at radius 2 is 1.93 bits per heavy atom. The van der Waals surface area contributed by atoms with E-state index in [2.05, 4.69) is 0 Å². The first-order valence-corrected chi connectivity index (χ1v) is 9.10. The molecule has 0 saturated carbocycles. The monoisotopic (exact) mass is 376 g/mol. The van der Waals surface area contributed by atoms with Crippen molar-refractivity contribution in [3.63, 3.8) is 0 Å². The summed E-state index contributed by atoms with van der Waals surface area (Å²) < 4.78 is 17.0. The molecule has 0 N–H and O–H groups in total. The van der Waals surface area contributed by atoms with Crippen LogP contribution in [0.1, 0.15) is 25.0 Å². The summed E-state index contributed by atoms with van der Waals surface area (Å²) in [6.07, 6.45) is 3.22. The third-order valence-corrected chi connectivity index (χ3v) is 4.83. The van der Waals surface area contributed by atoms with Gasteiger partial charge in [0.2, 0.25) is 0 Å². The fraction of sp³-hybridized carbons (Fsp3) is 0.217. The molecule has 1 unspecified atom stereocenters. The topological polar surface area (TPSA) is 65.7 Å². The van der Waals surface area contributed by atoms with Gasteiger partial charge >= 0.3 is 11.6 Å². The minimum atomic E-state index is -0.716. The van der Waals surface area contributed by atoms with Crippen molar-refractivity contribution in [2.45, 2.75) is 32.0 Å². The molecule has 1 atom stereocenters. The fourth-order valence-electron chi connectivity index (χ4n) is 3.28. The Labute approximate surface area is 162 Å². The molecular weight excluding hydrogens is 356 g/mol. The predicted molar refractivity (Wildman–Crippen MR) is 106 cm³/mol. The van der Waals surface area contributed by atoms with E-state index >= 15 is 0 Å². The normalized spacial score (nSPS) is 17.9. The number of carbonyl (C=O) groups excluding carboxylic acids is 1. The second-order valence-corrected chi connectivity index (χ2v) is 7.33. The van der Waals surface area contributed by atoms with Crippen molar-refractivity contribution in [2.75, 3.05) is 0 Å². The third-order valence-electron chi connectivity index (χ3n) is 4.83. The Morgan fingerprint density at radius 3 is 2.71 bits per heavy atom. The third kappa shape index (κ3) is 3.69. The molecule has 0 spiro atoms. The van der Waals surface area contributed by atoms with E-state index in [0.717, 1.165) is 16.5 Å². The highest BCUT2D eigenvalue weighted by Gasteiger charge is 2.39. The molecule has 142 valence electrons. The highest BCUT2D eigenvalue weighted by Crippen LogP contribution is 2.37. The molecule has 4 rings (SSSR count). The van der Waals surface area contributed by atoms with Gasteiger partial charge in [-0.15, -0.1) is 0 Å². The van der Waals surface area contributed by atoms with Crippen LogP contribution < -0.4 is 10.4 Å². The van der Waals surface area contributed by atoms with Crippen LogP contribution in [-0.4, -0.2) is 17.7 Å². The molecule has 2 aromatic carbocycles. The molecule has 3 aromatic rings. The molecule has 28 heavy (non-hydrogen) atoms. The Bertz CT molecular complexity index is 1110. The van der Waals surface area contributed by atoms with Gasteiger partial charge in [-0.2, -0.15) is 0 Å². The molecule has 1 aliphatic heterocycles. The maximum Gasteiger partial charge on any atom is 0.336 e. The molecule has 5 heteroatoms. The average molecular weight is 376 g/mol.